The highest BCUT2D eigenvalue weighted by atomic mass is 32.2. The van der Waals surface area contributed by atoms with Crippen LogP contribution in [-0.4, -0.2) is 47.8 Å². The number of benzene rings is 2. The Morgan fingerprint density at radius 2 is 1.88 bits per heavy atom. The van der Waals surface area contributed by atoms with Crippen LogP contribution < -0.4 is 19.5 Å². The number of ether oxygens (including phenoxy) is 3. The van der Waals surface area contributed by atoms with Crippen molar-refractivity contribution in [1.29, 1.82) is 0 Å². The van der Waals surface area contributed by atoms with Gasteiger partial charge in [-0.15, -0.1) is 11.8 Å². The average molecular weight is 483 g/mol. The summed E-state index contributed by atoms with van der Waals surface area (Å²) in [4.78, 5) is 17.4. The number of thiazole rings is 1. The molecule has 4 aromatic rings. The van der Waals surface area contributed by atoms with E-state index in [1.54, 1.807) is 37.8 Å². The lowest BCUT2D eigenvalue weighted by molar-refractivity contribution is -0.113. The summed E-state index contributed by atoms with van der Waals surface area (Å²) in [7, 11) is 4.87. The minimum absolute atomic E-state index is 0.0758. The number of aromatic nitrogens is 3. The van der Waals surface area contributed by atoms with Gasteiger partial charge in [-0.2, -0.15) is 9.78 Å². The Morgan fingerprint density at radius 1 is 1.06 bits per heavy atom. The van der Waals surface area contributed by atoms with E-state index in [9.17, 15) is 4.79 Å². The van der Waals surface area contributed by atoms with Gasteiger partial charge in [-0.1, -0.05) is 17.4 Å². The van der Waals surface area contributed by atoms with Crippen LogP contribution in [0.4, 0.5) is 5.82 Å². The summed E-state index contributed by atoms with van der Waals surface area (Å²) in [5.74, 6) is 2.97. The third kappa shape index (κ3) is 3.79. The number of carbonyl (C=O) groups excluding carboxylic acids is 1. The number of thioether (sulfide) groups is 1. The molecule has 1 amide bonds. The normalized spacial score (nSPS) is 15.6. The lowest BCUT2D eigenvalue weighted by Gasteiger charge is -2.17. The van der Waals surface area contributed by atoms with Crippen LogP contribution in [0.25, 0.3) is 15.3 Å². The van der Waals surface area contributed by atoms with Crippen LogP contribution in [0.3, 0.4) is 0 Å². The average Bonchev–Trinajstić information content (AvgIpc) is 3.33. The number of carbonyl (C=O) groups is 1. The number of hydrogen-bond donors (Lipinski definition) is 1. The highest BCUT2D eigenvalue weighted by Gasteiger charge is 2.31. The minimum Gasteiger partial charge on any atom is -0.497 e. The maximum atomic E-state index is 12.6. The molecule has 0 saturated carbocycles. The molecule has 0 radical (unpaired) electrons. The molecular weight excluding hydrogens is 460 g/mol. The maximum absolute atomic E-state index is 12.6. The monoisotopic (exact) mass is 482 g/mol. The molecule has 8 nitrogen and oxygen atoms in total. The number of aryl methyl sites for hydroxylation is 1. The van der Waals surface area contributed by atoms with Crippen LogP contribution in [0.5, 0.6) is 17.2 Å². The number of nitrogens with zero attached hydrogens (tertiary/aromatic N) is 3. The summed E-state index contributed by atoms with van der Waals surface area (Å²) in [6, 6.07) is 11.6. The molecule has 2 aromatic carbocycles. The van der Waals surface area contributed by atoms with Gasteiger partial charge in [0.05, 0.1) is 48.2 Å². The fraction of sp³-hybridized carbons (Fsp3) is 0.261. The molecule has 1 N–H and O–H groups in total. The van der Waals surface area contributed by atoms with E-state index in [4.69, 9.17) is 24.3 Å². The minimum atomic E-state index is -0.109. The summed E-state index contributed by atoms with van der Waals surface area (Å²) in [6.45, 7) is 1.96. The Morgan fingerprint density at radius 3 is 2.64 bits per heavy atom. The van der Waals surface area contributed by atoms with E-state index in [-0.39, 0.29) is 11.2 Å². The van der Waals surface area contributed by atoms with Crippen LogP contribution in [0.2, 0.25) is 0 Å². The van der Waals surface area contributed by atoms with Crippen molar-refractivity contribution in [2.24, 2.45) is 0 Å². The first-order valence-corrected chi connectivity index (χ1v) is 12.1. The summed E-state index contributed by atoms with van der Waals surface area (Å²) >= 11 is 3.05. The number of rotatable bonds is 5. The van der Waals surface area contributed by atoms with Gasteiger partial charge in [0.15, 0.2) is 11.5 Å². The molecule has 1 aliphatic heterocycles. The van der Waals surface area contributed by atoms with Crippen molar-refractivity contribution in [2.75, 3.05) is 32.4 Å². The number of nitrogens with one attached hydrogen (secondary N) is 1. The molecule has 170 valence electrons. The third-order valence-corrected chi connectivity index (χ3v) is 7.75. The van der Waals surface area contributed by atoms with E-state index in [0.29, 0.717) is 28.2 Å². The van der Waals surface area contributed by atoms with Gasteiger partial charge in [-0.25, -0.2) is 4.98 Å². The number of hydrogen-bond acceptors (Lipinski definition) is 8. The van der Waals surface area contributed by atoms with E-state index in [1.165, 1.54) is 11.3 Å². The molecule has 0 spiro atoms. The quantitative estimate of drug-likeness (QED) is 0.445. The Kier molecular flexibility index (Phi) is 5.63. The van der Waals surface area contributed by atoms with Crippen molar-refractivity contribution in [2.45, 2.75) is 12.2 Å². The first-order chi connectivity index (χ1) is 16.0. The summed E-state index contributed by atoms with van der Waals surface area (Å²) in [6.07, 6.45) is 0. The molecule has 0 saturated heterocycles. The second-order valence-electron chi connectivity index (χ2n) is 7.44. The first kappa shape index (κ1) is 21.6. The Labute approximate surface area is 198 Å². The second kappa shape index (κ2) is 8.60. The first-order valence-electron chi connectivity index (χ1n) is 10.2. The fourth-order valence-corrected chi connectivity index (χ4v) is 6.04. The molecule has 0 unspecified atom stereocenters. The van der Waals surface area contributed by atoms with Gasteiger partial charge < -0.3 is 19.5 Å². The fourth-order valence-electron chi connectivity index (χ4n) is 3.91. The summed E-state index contributed by atoms with van der Waals surface area (Å²) < 4.78 is 19.0. The van der Waals surface area contributed by atoms with Crippen molar-refractivity contribution >= 4 is 45.0 Å². The lowest BCUT2D eigenvalue weighted by Crippen LogP contribution is -2.15. The van der Waals surface area contributed by atoms with Gasteiger partial charge in [-0.3, -0.25) is 4.79 Å². The largest absolute Gasteiger partial charge is 0.497 e. The van der Waals surface area contributed by atoms with Crippen LogP contribution in [0.1, 0.15) is 22.1 Å². The van der Waals surface area contributed by atoms with Gasteiger partial charge in [0, 0.05) is 5.56 Å². The Bertz CT molecular complexity index is 1360. The molecule has 5 rings (SSSR count). The van der Waals surface area contributed by atoms with Crippen LogP contribution >= 0.6 is 23.1 Å². The van der Waals surface area contributed by atoms with Gasteiger partial charge in [0.2, 0.25) is 11.0 Å². The van der Waals surface area contributed by atoms with Crippen molar-refractivity contribution in [3.8, 4) is 22.4 Å². The second-order valence-corrected chi connectivity index (χ2v) is 9.55. The zero-order chi connectivity index (χ0) is 23.1. The predicted molar refractivity (Wildman–Crippen MR) is 131 cm³/mol. The smallest absolute Gasteiger partial charge is 0.235 e. The third-order valence-electron chi connectivity index (χ3n) is 5.48. The molecule has 0 bridgehead atoms. The van der Waals surface area contributed by atoms with E-state index in [1.807, 2.05) is 43.3 Å². The molecule has 1 atom stereocenters. The predicted octanol–water partition coefficient (Wildman–Crippen LogP) is 4.59. The van der Waals surface area contributed by atoms with Gasteiger partial charge in [-0.05, 0) is 42.8 Å². The van der Waals surface area contributed by atoms with Crippen molar-refractivity contribution in [3.05, 3.63) is 53.2 Å². The van der Waals surface area contributed by atoms with Crippen molar-refractivity contribution in [1.82, 2.24) is 14.8 Å². The number of amides is 1. The number of fused-ring (bicyclic) bond motifs is 2. The number of methoxy groups -OCH3 is 3. The van der Waals surface area contributed by atoms with Gasteiger partial charge in [0.1, 0.15) is 11.6 Å². The molecule has 1 aliphatic rings. The molecular formula is C23H22N4O4S2. The Hall–Kier alpha value is -3.24. The van der Waals surface area contributed by atoms with Gasteiger partial charge >= 0.3 is 0 Å². The topological polar surface area (TPSA) is 87.5 Å². The summed E-state index contributed by atoms with van der Waals surface area (Å²) in [5.41, 5.74) is 3.64. The van der Waals surface area contributed by atoms with E-state index in [0.717, 1.165) is 32.8 Å². The van der Waals surface area contributed by atoms with Crippen LogP contribution in [0.15, 0.2) is 36.4 Å². The standard InChI is InChI=1S/C23H22N4O4S2/c1-12-20-21(13-5-8-16(30-3)17(9-13)31-4)32-11-19(28)25-22(20)27(26-12)23-24-15-7-6-14(29-2)10-18(15)33-23/h5-10,21H,11H2,1-4H3,(H,25,28)/t21-/m0/s1. The molecule has 0 aliphatic carbocycles. The highest BCUT2D eigenvalue weighted by Crippen LogP contribution is 2.46. The zero-order valence-corrected chi connectivity index (χ0v) is 20.2. The van der Waals surface area contributed by atoms with Crippen LogP contribution in [0, 0.1) is 6.92 Å². The molecule has 2 aromatic heterocycles. The number of anilines is 1. The maximum Gasteiger partial charge on any atom is 0.235 e. The SMILES string of the molecule is COc1ccc2nc(-n3nc(C)c4c3NC(=O)CS[C@H]4c3ccc(OC)c(OC)c3)sc2c1. The molecule has 33 heavy (non-hydrogen) atoms. The summed E-state index contributed by atoms with van der Waals surface area (Å²) in [5, 5.41) is 8.40. The van der Waals surface area contributed by atoms with Gasteiger partial charge in [0.25, 0.3) is 0 Å². The van der Waals surface area contributed by atoms with E-state index >= 15 is 0 Å². The Balaban J connectivity index is 1.64. The van der Waals surface area contributed by atoms with E-state index in [2.05, 4.69) is 5.32 Å². The highest BCUT2D eigenvalue weighted by molar-refractivity contribution is 8.00. The molecule has 3 heterocycles. The molecule has 0 fully saturated rings. The van der Waals surface area contributed by atoms with Crippen LogP contribution in [-0.2, 0) is 4.79 Å². The lowest BCUT2D eigenvalue weighted by atomic mass is 10.0. The van der Waals surface area contributed by atoms with E-state index < -0.39 is 0 Å². The zero-order valence-electron chi connectivity index (χ0n) is 18.5. The van der Waals surface area contributed by atoms with Crippen molar-refractivity contribution < 1.29 is 19.0 Å². The van der Waals surface area contributed by atoms with Crippen molar-refractivity contribution in [3.63, 3.8) is 0 Å². The molecule has 10 heteroatoms.